The minimum Gasteiger partial charge on any atom is -0.356 e. The summed E-state index contributed by atoms with van der Waals surface area (Å²) in [5.74, 6) is -0.106. The maximum atomic E-state index is 12.3. The number of aromatic nitrogens is 2. The smallest absolute Gasteiger partial charge is 0.168 e. The predicted octanol–water partition coefficient (Wildman–Crippen LogP) is 4.75. The standard InChI is InChI=1S/C26H23N5O2S/c1-26(2,34(29)32)14-18(13-19-6-5-7-20(16-28)30-19)21-8-3-4-9-22(21)25-23-11-10-17(15-27)12-24(23)33-31-25/h3-12,18H,13-14,29H2,1-2H3/t18-,34?/m0/s1. The van der Waals surface area contributed by atoms with E-state index in [1.165, 1.54) is 0 Å². The summed E-state index contributed by atoms with van der Waals surface area (Å²) in [6.07, 6.45) is 1.06. The number of nitrogens with two attached hydrogens (primary N) is 1. The molecule has 7 nitrogen and oxygen atoms in total. The third kappa shape index (κ3) is 4.74. The Morgan fingerprint density at radius 3 is 2.62 bits per heavy atom. The molecular weight excluding hydrogens is 446 g/mol. The van der Waals surface area contributed by atoms with Crippen LogP contribution in [-0.4, -0.2) is 19.1 Å². The molecule has 0 saturated heterocycles. The van der Waals surface area contributed by atoms with Crippen molar-refractivity contribution in [1.29, 1.82) is 10.5 Å². The molecule has 170 valence electrons. The highest BCUT2D eigenvalue weighted by Crippen LogP contribution is 2.39. The minimum absolute atomic E-state index is 0.106. The van der Waals surface area contributed by atoms with E-state index in [4.69, 9.17) is 9.66 Å². The Balaban J connectivity index is 1.83. The number of fused-ring (bicyclic) bond motifs is 1. The molecule has 0 spiro atoms. The zero-order valence-corrected chi connectivity index (χ0v) is 19.7. The second-order valence-corrected chi connectivity index (χ2v) is 10.4. The molecule has 0 amide bonds. The molecule has 2 aromatic carbocycles. The van der Waals surface area contributed by atoms with Crippen molar-refractivity contribution in [2.75, 3.05) is 0 Å². The molecule has 8 heteroatoms. The van der Waals surface area contributed by atoms with E-state index in [-0.39, 0.29) is 5.92 Å². The lowest BCUT2D eigenvalue weighted by Gasteiger charge is -2.28. The van der Waals surface area contributed by atoms with Crippen LogP contribution in [0.5, 0.6) is 0 Å². The lowest BCUT2D eigenvalue weighted by Crippen LogP contribution is -2.34. The van der Waals surface area contributed by atoms with Gasteiger partial charge in [-0.1, -0.05) is 35.5 Å². The number of hydrogen-bond donors (Lipinski definition) is 1. The van der Waals surface area contributed by atoms with Crippen LogP contribution >= 0.6 is 0 Å². The Hall–Kier alpha value is -3.85. The number of benzene rings is 2. The van der Waals surface area contributed by atoms with Crippen molar-refractivity contribution in [3.63, 3.8) is 0 Å². The maximum Gasteiger partial charge on any atom is 0.168 e. The van der Waals surface area contributed by atoms with Crippen molar-refractivity contribution in [2.45, 2.75) is 37.4 Å². The fraction of sp³-hybridized carbons (Fsp3) is 0.231. The van der Waals surface area contributed by atoms with Crippen LogP contribution in [0.2, 0.25) is 0 Å². The van der Waals surface area contributed by atoms with E-state index in [9.17, 15) is 14.7 Å². The summed E-state index contributed by atoms with van der Waals surface area (Å²) in [5.41, 5.74) is 4.69. The average Bonchev–Trinajstić information content (AvgIpc) is 3.26. The largest absolute Gasteiger partial charge is 0.356 e. The van der Waals surface area contributed by atoms with Crippen LogP contribution in [-0.2, 0) is 17.4 Å². The number of nitriles is 2. The summed E-state index contributed by atoms with van der Waals surface area (Å²) < 4.78 is 17.2. The number of hydrogen-bond acceptors (Lipinski definition) is 6. The van der Waals surface area contributed by atoms with Gasteiger partial charge in [0, 0.05) is 22.7 Å². The van der Waals surface area contributed by atoms with Crippen molar-refractivity contribution >= 4 is 22.0 Å². The molecule has 0 aliphatic carbocycles. The van der Waals surface area contributed by atoms with Crippen LogP contribution in [0.1, 0.15) is 48.7 Å². The van der Waals surface area contributed by atoms with E-state index < -0.39 is 15.7 Å². The van der Waals surface area contributed by atoms with Gasteiger partial charge in [0.05, 0.1) is 27.4 Å². The first kappa shape index (κ1) is 23.3. The van der Waals surface area contributed by atoms with Crippen molar-refractivity contribution in [1.82, 2.24) is 10.1 Å². The Labute approximate surface area is 200 Å². The van der Waals surface area contributed by atoms with Gasteiger partial charge in [-0.25, -0.2) is 9.19 Å². The van der Waals surface area contributed by atoms with Crippen molar-refractivity contribution < 1.29 is 8.73 Å². The number of pyridine rings is 1. The molecule has 34 heavy (non-hydrogen) atoms. The minimum atomic E-state index is -1.54. The Morgan fingerprint density at radius 1 is 1.09 bits per heavy atom. The first-order valence-electron chi connectivity index (χ1n) is 10.7. The fourth-order valence-corrected chi connectivity index (χ4v) is 4.51. The van der Waals surface area contributed by atoms with Crippen molar-refractivity contribution in [2.24, 2.45) is 5.14 Å². The van der Waals surface area contributed by atoms with Gasteiger partial charge in [0.1, 0.15) is 17.5 Å². The van der Waals surface area contributed by atoms with Gasteiger partial charge in [0.25, 0.3) is 0 Å². The summed E-state index contributed by atoms with van der Waals surface area (Å²) in [7, 11) is -1.54. The molecule has 2 N–H and O–H groups in total. The quantitative estimate of drug-likeness (QED) is 0.416. The summed E-state index contributed by atoms with van der Waals surface area (Å²) >= 11 is 0. The van der Waals surface area contributed by atoms with E-state index in [1.54, 1.807) is 18.2 Å². The molecule has 0 aliphatic heterocycles. The molecule has 2 heterocycles. The van der Waals surface area contributed by atoms with Crippen LogP contribution < -0.4 is 5.14 Å². The Morgan fingerprint density at radius 2 is 1.88 bits per heavy atom. The molecule has 2 atom stereocenters. The van der Waals surface area contributed by atoms with Gasteiger partial charge >= 0.3 is 0 Å². The normalized spacial score (nSPS) is 13.2. The third-order valence-electron chi connectivity index (χ3n) is 5.92. The van der Waals surface area contributed by atoms with E-state index in [2.05, 4.69) is 22.3 Å². The van der Waals surface area contributed by atoms with Crippen LogP contribution in [0.3, 0.4) is 0 Å². The molecule has 0 fully saturated rings. The monoisotopic (exact) mass is 469 g/mol. The Bertz CT molecular complexity index is 1460. The number of nitrogens with zero attached hydrogens (tertiary/aromatic N) is 4. The van der Waals surface area contributed by atoms with Crippen LogP contribution in [0.4, 0.5) is 0 Å². The van der Waals surface area contributed by atoms with Gasteiger partial charge < -0.3 is 4.52 Å². The topological polar surface area (TPSA) is 130 Å². The van der Waals surface area contributed by atoms with Crippen LogP contribution in [0.15, 0.2) is 65.2 Å². The van der Waals surface area contributed by atoms with E-state index in [0.29, 0.717) is 35.4 Å². The summed E-state index contributed by atoms with van der Waals surface area (Å²) in [4.78, 5) is 4.46. The summed E-state index contributed by atoms with van der Waals surface area (Å²) in [6.45, 7) is 3.76. The highest BCUT2D eigenvalue weighted by atomic mass is 32.2. The summed E-state index contributed by atoms with van der Waals surface area (Å²) in [5, 5.41) is 29.4. The van der Waals surface area contributed by atoms with Gasteiger partial charge in [-0.05, 0) is 62.4 Å². The molecular formula is C26H23N5O2S. The van der Waals surface area contributed by atoms with E-state index in [0.717, 1.165) is 22.2 Å². The molecule has 1 unspecified atom stereocenters. The first-order valence-corrected chi connectivity index (χ1v) is 11.9. The van der Waals surface area contributed by atoms with Gasteiger partial charge in [0.15, 0.2) is 5.58 Å². The summed E-state index contributed by atoms with van der Waals surface area (Å²) in [6, 6.07) is 22.7. The second kappa shape index (κ2) is 9.56. The molecule has 2 aromatic heterocycles. The van der Waals surface area contributed by atoms with Crippen molar-refractivity contribution in [3.8, 4) is 23.4 Å². The first-order chi connectivity index (χ1) is 16.3. The van der Waals surface area contributed by atoms with Gasteiger partial charge in [-0.2, -0.15) is 10.5 Å². The lowest BCUT2D eigenvalue weighted by molar-refractivity contribution is 0.459. The zero-order chi connectivity index (χ0) is 24.3. The molecule has 4 rings (SSSR count). The van der Waals surface area contributed by atoms with Crippen molar-refractivity contribution in [3.05, 3.63) is 83.2 Å². The molecule has 4 aromatic rings. The number of rotatable bonds is 7. The van der Waals surface area contributed by atoms with E-state index in [1.807, 2.05) is 56.3 Å². The Kier molecular flexibility index (Phi) is 6.56. The van der Waals surface area contributed by atoms with Gasteiger partial charge in [-0.15, -0.1) is 0 Å². The SMILES string of the molecule is CC(C)(C[C@H](Cc1cccc(C#N)n1)c1ccccc1-c1noc2cc(C#N)ccc12)S(N)=O. The zero-order valence-electron chi connectivity index (χ0n) is 18.9. The fourth-order valence-electron chi connectivity index (χ4n) is 4.15. The highest BCUT2D eigenvalue weighted by Gasteiger charge is 2.31. The molecule has 0 bridgehead atoms. The van der Waals surface area contributed by atoms with Crippen LogP contribution in [0, 0.1) is 22.7 Å². The average molecular weight is 470 g/mol. The lowest BCUT2D eigenvalue weighted by atomic mass is 9.83. The van der Waals surface area contributed by atoms with Gasteiger partial charge in [0.2, 0.25) is 0 Å². The predicted molar refractivity (Wildman–Crippen MR) is 131 cm³/mol. The van der Waals surface area contributed by atoms with Crippen LogP contribution in [0.25, 0.3) is 22.2 Å². The highest BCUT2D eigenvalue weighted by molar-refractivity contribution is 7.84. The molecule has 0 saturated carbocycles. The maximum absolute atomic E-state index is 12.3. The van der Waals surface area contributed by atoms with Gasteiger partial charge in [-0.3, -0.25) is 5.14 Å². The third-order valence-corrected chi connectivity index (χ3v) is 7.17. The second-order valence-electron chi connectivity index (χ2n) is 8.73. The molecule has 0 aliphatic rings. The van der Waals surface area contributed by atoms with E-state index >= 15 is 0 Å². The molecule has 0 radical (unpaired) electrons.